The minimum absolute atomic E-state index is 0.164. The first kappa shape index (κ1) is 10.1. The Hall–Kier alpha value is -0.0800. The molecular formula is C13H24N2. The SMILES string of the molecule is NC1(CNCC2CC3CCC2C3)CCC1. The Balaban J connectivity index is 1.39. The molecule has 0 aliphatic heterocycles. The third-order valence-electron chi connectivity index (χ3n) is 5.12. The van der Waals surface area contributed by atoms with Gasteiger partial charge in [0.05, 0.1) is 0 Å². The van der Waals surface area contributed by atoms with Crippen LogP contribution in [0.25, 0.3) is 0 Å². The Morgan fingerprint density at radius 2 is 2.07 bits per heavy atom. The first-order valence-corrected chi connectivity index (χ1v) is 6.75. The molecule has 0 spiro atoms. The lowest BCUT2D eigenvalue weighted by Crippen LogP contribution is -2.54. The van der Waals surface area contributed by atoms with E-state index in [1.165, 1.54) is 51.5 Å². The Bertz CT molecular complexity index is 235. The van der Waals surface area contributed by atoms with Crippen LogP contribution >= 0.6 is 0 Å². The van der Waals surface area contributed by atoms with E-state index in [-0.39, 0.29) is 5.54 Å². The van der Waals surface area contributed by atoms with Crippen molar-refractivity contribution in [3.63, 3.8) is 0 Å². The number of rotatable bonds is 4. The molecular weight excluding hydrogens is 184 g/mol. The molecule has 3 atom stereocenters. The van der Waals surface area contributed by atoms with E-state index in [0.29, 0.717) is 0 Å². The fraction of sp³-hybridized carbons (Fsp3) is 1.00. The van der Waals surface area contributed by atoms with E-state index >= 15 is 0 Å². The van der Waals surface area contributed by atoms with Crippen molar-refractivity contribution < 1.29 is 0 Å². The summed E-state index contributed by atoms with van der Waals surface area (Å²) in [6.45, 7) is 2.29. The third-order valence-corrected chi connectivity index (χ3v) is 5.12. The lowest BCUT2D eigenvalue weighted by atomic mass is 9.77. The molecule has 0 aromatic heterocycles. The molecule has 3 N–H and O–H groups in total. The standard InChI is InChI=1S/C13H24N2/c14-13(4-1-5-13)9-15-8-12-7-10-2-3-11(12)6-10/h10-12,15H,1-9,14H2. The van der Waals surface area contributed by atoms with Crippen LogP contribution in [0.1, 0.15) is 44.9 Å². The largest absolute Gasteiger partial charge is 0.324 e. The maximum atomic E-state index is 6.20. The van der Waals surface area contributed by atoms with E-state index in [1.54, 1.807) is 0 Å². The first-order valence-electron chi connectivity index (χ1n) is 6.75. The quantitative estimate of drug-likeness (QED) is 0.740. The highest BCUT2D eigenvalue weighted by Crippen LogP contribution is 2.47. The summed E-state index contributed by atoms with van der Waals surface area (Å²) in [4.78, 5) is 0. The van der Waals surface area contributed by atoms with E-state index in [0.717, 1.165) is 24.3 Å². The van der Waals surface area contributed by atoms with Gasteiger partial charge in [0, 0.05) is 12.1 Å². The molecule has 0 saturated heterocycles. The van der Waals surface area contributed by atoms with Crippen molar-refractivity contribution in [1.82, 2.24) is 5.32 Å². The summed E-state index contributed by atoms with van der Waals surface area (Å²) in [5, 5.41) is 3.63. The maximum Gasteiger partial charge on any atom is 0.0280 e. The van der Waals surface area contributed by atoms with Gasteiger partial charge in [-0.25, -0.2) is 0 Å². The second kappa shape index (κ2) is 3.74. The Morgan fingerprint density at radius 3 is 2.60 bits per heavy atom. The summed E-state index contributed by atoms with van der Waals surface area (Å²) < 4.78 is 0. The van der Waals surface area contributed by atoms with Gasteiger partial charge in [-0.2, -0.15) is 0 Å². The van der Waals surface area contributed by atoms with Gasteiger partial charge in [0.25, 0.3) is 0 Å². The highest BCUT2D eigenvalue weighted by Gasteiger charge is 2.39. The zero-order valence-electron chi connectivity index (χ0n) is 9.67. The summed E-state index contributed by atoms with van der Waals surface area (Å²) in [5.74, 6) is 3.11. The monoisotopic (exact) mass is 208 g/mol. The second-order valence-electron chi connectivity index (χ2n) is 6.28. The Kier molecular flexibility index (Phi) is 2.52. The van der Waals surface area contributed by atoms with E-state index < -0.39 is 0 Å². The van der Waals surface area contributed by atoms with Crippen molar-refractivity contribution in [3.8, 4) is 0 Å². The average molecular weight is 208 g/mol. The highest BCUT2D eigenvalue weighted by atomic mass is 14.9. The molecule has 0 aromatic carbocycles. The summed E-state index contributed by atoms with van der Waals surface area (Å²) in [5.41, 5.74) is 6.37. The third kappa shape index (κ3) is 1.94. The van der Waals surface area contributed by atoms with Gasteiger partial charge in [-0.1, -0.05) is 6.42 Å². The fourth-order valence-electron chi connectivity index (χ4n) is 3.94. The maximum absolute atomic E-state index is 6.20. The van der Waals surface area contributed by atoms with Crippen molar-refractivity contribution in [2.75, 3.05) is 13.1 Å². The summed E-state index contributed by atoms with van der Waals surface area (Å²) >= 11 is 0. The number of fused-ring (bicyclic) bond motifs is 2. The summed E-state index contributed by atoms with van der Waals surface area (Å²) in [6, 6.07) is 0. The molecule has 2 nitrogen and oxygen atoms in total. The summed E-state index contributed by atoms with van der Waals surface area (Å²) in [7, 11) is 0. The zero-order chi connectivity index (χ0) is 10.3. The van der Waals surface area contributed by atoms with Gasteiger partial charge in [-0.05, 0) is 62.8 Å². The van der Waals surface area contributed by atoms with Gasteiger partial charge in [-0.3, -0.25) is 0 Å². The van der Waals surface area contributed by atoms with Crippen LogP contribution in [0.2, 0.25) is 0 Å². The van der Waals surface area contributed by atoms with Crippen LogP contribution in [-0.2, 0) is 0 Å². The van der Waals surface area contributed by atoms with E-state index in [9.17, 15) is 0 Å². The number of hydrogen-bond donors (Lipinski definition) is 2. The van der Waals surface area contributed by atoms with Crippen LogP contribution in [-0.4, -0.2) is 18.6 Å². The van der Waals surface area contributed by atoms with Crippen molar-refractivity contribution in [3.05, 3.63) is 0 Å². The van der Waals surface area contributed by atoms with E-state index in [4.69, 9.17) is 5.73 Å². The molecule has 3 saturated carbocycles. The van der Waals surface area contributed by atoms with Crippen LogP contribution in [0, 0.1) is 17.8 Å². The molecule has 0 aromatic rings. The molecule has 86 valence electrons. The first-order chi connectivity index (χ1) is 7.25. The molecule has 15 heavy (non-hydrogen) atoms. The molecule has 0 radical (unpaired) electrons. The minimum atomic E-state index is 0.164. The molecule has 2 heteroatoms. The Morgan fingerprint density at radius 1 is 1.20 bits per heavy atom. The zero-order valence-corrected chi connectivity index (χ0v) is 9.67. The van der Waals surface area contributed by atoms with E-state index in [2.05, 4.69) is 5.32 Å². The normalized spacial score (nSPS) is 41.8. The van der Waals surface area contributed by atoms with Gasteiger partial charge in [-0.15, -0.1) is 0 Å². The lowest BCUT2D eigenvalue weighted by molar-refractivity contribution is 0.226. The number of nitrogens with one attached hydrogen (secondary N) is 1. The molecule has 3 unspecified atom stereocenters. The van der Waals surface area contributed by atoms with Crippen LogP contribution in [0.15, 0.2) is 0 Å². The smallest absolute Gasteiger partial charge is 0.0280 e. The van der Waals surface area contributed by atoms with Gasteiger partial charge in [0.15, 0.2) is 0 Å². The van der Waals surface area contributed by atoms with Crippen LogP contribution in [0.3, 0.4) is 0 Å². The van der Waals surface area contributed by atoms with Crippen molar-refractivity contribution in [1.29, 1.82) is 0 Å². The fourth-order valence-corrected chi connectivity index (χ4v) is 3.94. The topological polar surface area (TPSA) is 38.0 Å². The van der Waals surface area contributed by atoms with Crippen molar-refractivity contribution in [2.24, 2.45) is 23.5 Å². The van der Waals surface area contributed by atoms with Gasteiger partial charge < -0.3 is 11.1 Å². The molecule has 3 rings (SSSR count). The minimum Gasteiger partial charge on any atom is -0.324 e. The van der Waals surface area contributed by atoms with Crippen LogP contribution < -0.4 is 11.1 Å². The predicted octanol–water partition coefficient (Wildman–Crippen LogP) is 1.89. The van der Waals surface area contributed by atoms with E-state index in [1.807, 2.05) is 0 Å². The van der Waals surface area contributed by atoms with Crippen LogP contribution in [0.5, 0.6) is 0 Å². The number of nitrogens with two attached hydrogens (primary N) is 1. The van der Waals surface area contributed by atoms with Gasteiger partial charge >= 0.3 is 0 Å². The number of hydrogen-bond acceptors (Lipinski definition) is 2. The molecule has 0 amide bonds. The second-order valence-corrected chi connectivity index (χ2v) is 6.28. The predicted molar refractivity (Wildman–Crippen MR) is 62.6 cm³/mol. The lowest BCUT2D eigenvalue weighted by Gasteiger charge is -2.38. The molecule has 2 bridgehead atoms. The molecule has 3 aliphatic rings. The molecule has 3 fully saturated rings. The summed E-state index contributed by atoms with van der Waals surface area (Å²) in [6.07, 6.45) is 9.85. The highest BCUT2D eigenvalue weighted by molar-refractivity contribution is 4.96. The molecule has 0 heterocycles. The van der Waals surface area contributed by atoms with Gasteiger partial charge in [0.1, 0.15) is 0 Å². The van der Waals surface area contributed by atoms with Crippen molar-refractivity contribution in [2.45, 2.75) is 50.5 Å². The van der Waals surface area contributed by atoms with Gasteiger partial charge in [0.2, 0.25) is 0 Å². The average Bonchev–Trinajstić information content (AvgIpc) is 2.76. The van der Waals surface area contributed by atoms with Crippen molar-refractivity contribution >= 4 is 0 Å². The Labute approximate surface area is 93.0 Å². The molecule has 3 aliphatic carbocycles. The van der Waals surface area contributed by atoms with Crippen LogP contribution in [0.4, 0.5) is 0 Å².